The topological polar surface area (TPSA) is 262 Å². The summed E-state index contributed by atoms with van der Waals surface area (Å²) in [5.74, 6) is -6.45. The van der Waals surface area contributed by atoms with E-state index in [1.807, 2.05) is 0 Å². The Morgan fingerprint density at radius 3 is 1.75 bits per heavy atom. The van der Waals surface area contributed by atoms with Crippen LogP contribution in [0.3, 0.4) is 0 Å². The monoisotopic (exact) mass is 866 g/mol. The Labute approximate surface area is 348 Å². The van der Waals surface area contributed by atoms with E-state index < -0.39 is 122 Å². The standard InChI is InChI=1S/C38H46N2O19S/c1-17(41)50-15-27-30(59-37-34(56-23(7)47)32(54-21(5)45)29(52-19(3)43)28(58-37)16-51-18(2)42)31(53-20(4)44)33(55-22(6)46)35(57-27)40-38-39-14-26(60-38)13-24-10-9-11-25(12-24)36(48)49-8/h9-13,27-35,37H,14-16H2,1-8H3,(H,39,40)/b26-13+/t27-,28-,29+,30-,31+,32+,33-,34-,35-,37+/m1/s1. The maximum atomic E-state index is 12.8. The largest absolute Gasteiger partial charge is 0.465 e. The summed E-state index contributed by atoms with van der Waals surface area (Å²) in [5.41, 5.74) is 1.02. The molecule has 10 atom stereocenters. The number of amidine groups is 1. The number of rotatable bonds is 14. The highest BCUT2D eigenvalue weighted by Gasteiger charge is 2.57. The van der Waals surface area contributed by atoms with Crippen molar-refractivity contribution in [1.29, 1.82) is 0 Å². The Bertz CT molecular complexity index is 1870. The van der Waals surface area contributed by atoms with Gasteiger partial charge in [-0.3, -0.25) is 38.6 Å². The highest BCUT2D eigenvalue weighted by atomic mass is 32.2. The van der Waals surface area contributed by atoms with Crippen LogP contribution in [0.5, 0.6) is 0 Å². The van der Waals surface area contributed by atoms with E-state index in [1.165, 1.54) is 18.9 Å². The average molecular weight is 867 g/mol. The van der Waals surface area contributed by atoms with Crippen molar-refractivity contribution in [2.75, 3.05) is 26.9 Å². The van der Waals surface area contributed by atoms with Gasteiger partial charge in [-0.15, -0.1) is 0 Å². The van der Waals surface area contributed by atoms with Crippen LogP contribution in [0.1, 0.15) is 64.4 Å². The van der Waals surface area contributed by atoms with E-state index in [1.54, 1.807) is 30.3 Å². The molecule has 21 nitrogen and oxygen atoms in total. The lowest BCUT2D eigenvalue weighted by molar-refractivity contribution is -0.345. The van der Waals surface area contributed by atoms with Gasteiger partial charge >= 0.3 is 47.8 Å². The fraction of sp³-hybridized carbons (Fsp3) is 0.553. The minimum absolute atomic E-state index is 0.194. The van der Waals surface area contributed by atoms with Crippen LogP contribution in [0, 0.1) is 0 Å². The molecule has 22 heteroatoms. The van der Waals surface area contributed by atoms with Crippen LogP contribution in [0.2, 0.25) is 0 Å². The number of nitrogens with one attached hydrogen (secondary N) is 1. The molecule has 3 aliphatic rings. The maximum Gasteiger partial charge on any atom is 0.337 e. The Kier molecular flexibility index (Phi) is 17.0. The minimum atomic E-state index is -1.82. The molecule has 1 aromatic rings. The van der Waals surface area contributed by atoms with E-state index in [4.69, 9.17) is 52.1 Å². The Hall–Kier alpha value is -5.58. The minimum Gasteiger partial charge on any atom is -0.465 e. The molecule has 1 N–H and O–H groups in total. The molecule has 328 valence electrons. The van der Waals surface area contributed by atoms with Gasteiger partial charge in [-0.1, -0.05) is 23.9 Å². The molecule has 3 aliphatic heterocycles. The third kappa shape index (κ3) is 13.5. The molecule has 4 rings (SSSR count). The van der Waals surface area contributed by atoms with E-state index in [0.29, 0.717) is 11.1 Å². The number of benzene rings is 1. The van der Waals surface area contributed by atoms with E-state index in [9.17, 15) is 38.4 Å². The number of hydrogen-bond acceptors (Lipinski definition) is 22. The lowest BCUT2D eigenvalue weighted by atomic mass is 9.95. The van der Waals surface area contributed by atoms with E-state index in [2.05, 4.69) is 10.3 Å². The summed E-state index contributed by atoms with van der Waals surface area (Å²) < 4.78 is 62.0. The molecule has 2 fully saturated rings. The van der Waals surface area contributed by atoms with Crippen LogP contribution in [0.25, 0.3) is 6.08 Å². The van der Waals surface area contributed by atoms with Gasteiger partial charge in [0.1, 0.15) is 31.5 Å². The van der Waals surface area contributed by atoms with E-state index in [0.717, 1.165) is 53.4 Å². The molecule has 1 aromatic carbocycles. The average Bonchev–Trinajstić information content (AvgIpc) is 3.59. The molecule has 0 amide bonds. The lowest BCUT2D eigenvalue weighted by Crippen LogP contribution is -2.68. The number of nitrogens with zero attached hydrogens (tertiary/aromatic N) is 1. The fourth-order valence-electron chi connectivity index (χ4n) is 6.30. The smallest absolute Gasteiger partial charge is 0.337 e. The predicted octanol–water partition coefficient (Wildman–Crippen LogP) is 1.13. The SMILES string of the molecule is COC(=O)c1cccc(/C=C2\CN=C(N[C@@H]3O[C@H](COC(C)=O)[C@@H](O[C@@H]4O[C@H](COC(C)=O)[C@H](OC(C)=O)[C@H](OC(C)=O)[C@H]4OC(C)=O)[C@H](OC(C)=O)[C@H]3OC(C)=O)S2)c1. The molecule has 0 radical (unpaired) electrons. The van der Waals surface area contributed by atoms with Gasteiger partial charge in [-0.2, -0.15) is 0 Å². The Morgan fingerprint density at radius 1 is 0.683 bits per heavy atom. The molecule has 0 aliphatic carbocycles. The van der Waals surface area contributed by atoms with Crippen molar-refractivity contribution in [2.24, 2.45) is 4.99 Å². The van der Waals surface area contributed by atoms with Gasteiger partial charge in [-0.25, -0.2) is 4.79 Å². The molecule has 3 heterocycles. The van der Waals surface area contributed by atoms with Crippen LogP contribution < -0.4 is 5.32 Å². The van der Waals surface area contributed by atoms with Crippen LogP contribution >= 0.6 is 11.8 Å². The summed E-state index contributed by atoms with van der Waals surface area (Å²) in [6, 6.07) is 6.71. The number of carbonyl (C=O) groups is 8. The highest BCUT2D eigenvalue weighted by Crippen LogP contribution is 2.36. The number of ether oxygens (including phenoxy) is 11. The molecular weight excluding hydrogens is 820 g/mol. The van der Waals surface area contributed by atoms with E-state index in [-0.39, 0.29) is 11.7 Å². The molecule has 2 saturated heterocycles. The van der Waals surface area contributed by atoms with Crippen molar-refractivity contribution >= 4 is 70.8 Å². The first kappa shape index (κ1) is 47.1. The second-order valence-corrected chi connectivity index (χ2v) is 14.4. The first-order valence-electron chi connectivity index (χ1n) is 18.3. The highest BCUT2D eigenvalue weighted by molar-refractivity contribution is 8.17. The van der Waals surface area contributed by atoms with Crippen molar-refractivity contribution in [2.45, 2.75) is 110 Å². The zero-order valence-corrected chi connectivity index (χ0v) is 34.7. The van der Waals surface area contributed by atoms with Crippen molar-refractivity contribution in [3.63, 3.8) is 0 Å². The zero-order chi connectivity index (χ0) is 44.3. The number of thioether (sulfide) groups is 1. The fourth-order valence-corrected chi connectivity index (χ4v) is 7.17. The van der Waals surface area contributed by atoms with Gasteiger partial charge < -0.3 is 57.4 Å². The molecule has 0 saturated carbocycles. The lowest BCUT2D eigenvalue weighted by Gasteiger charge is -2.49. The summed E-state index contributed by atoms with van der Waals surface area (Å²) in [4.78, 5) is 104. The van der Waals surface area contributed by atoms with Gasteiger partial charge in [0, 0.05) is 53.4 Å². The maximum absolute atomic E-state index is 12.8. The van der Waals surface area contributed by atoms with Crippen molar-refractivity contribution in [3.05, 3.63) is 40.3 Å². The first-order valence-corrected chi connectivity index (χ1v) is 19.1. The molecular formula is C38H46N2O19S. The molecule has 0 unspecified atom stereocenters. The van der Waals surface area contributed by atoms with Gasteiger partial charge in [0.15, 0.2) is 48.2 Å². The summed E-state index contributed by atoms with van der Waals surface area (Å²) >= 11 is 1.18. The molecule has 0 bridgehead atoms. The third-order valence-electron chi connectivity index (χ3n) is 8.44. The van der Waals surface area contributed by atoms with Gasteiger partial charge in [-0.05, 0) is 23.8 Å². The second-order valence-electron chi connectivity index (χ2n) is 13.3. The van der Waals surface area contributed by atoms with Crippen molar-refractivity contribution < 1.29 is 90.5 Å². The Balaban J connectivity index is 1.74. The zero-order valence-electron chi connectivity index (χ0n) is 33.9. The Morgan fingerprint density at radius 2 is 1.20 bits per heavy atom. The number of aliphatic imine (C=N–C) groups is 1. The summed E-state index contributed by atoms with van der Waals surface area (Å²) in [6.45, 7) is 6.55. The second kappa shape index (κ2) is 21.6. The normalized spacial score (nSPS) is 27.9. The van der Waals surface area contributed by atoms with Crippen LogP contribution in [0.15, 0.2) is 34.2 Å². The van der Waals surface area contributed by atoms with Crippen molar-refractivity contribution in [1.82, 2.24) is 5.32 Å². The van der Waals surface area contributed by atoms with Gasteiger partial charge in [0.25, 0.3) is 0 Å². The van der Waals surface area contributed by atoms with Crippen LogP contribution in [-0.2, 0) is 85.7 Å². The summed E-state index contributed by atoms with van der Waals surface area (Å²) in [5, 5.41) is 3.33. The summed E-state index contributed by atoms with van der Waals surface area (Å²) in [6.07, 6.45) is -13.8. The summed E-state index contributed by atoms with van der Waals surface area (Å²) in [7, 11) is 1.27. The third-order valence-corrected chi connectivity index (χ3v) is 9.39. The quantitative estimate of drug-likeness (QED) is 0.203. The molecule has 0 aromatic heterocycles. The van der Waals surface area contributed by atoms with Gasteiger partial charge in [0.2, 0.25) is 0 Å². The number of hydrogen-bond donors (Lipinski definition) is 1. The predicted molar refractivity (Wildman–Crippen MR) is 202 cm³/mol. The van der Waals surface area contributed by atoms with Crippen molar-refractivity contribution in [3.8, 4) is 0 Å². The van der Waals surface area contributed by atoms with Gasteiger partial charge in [0.05, 0.1) is 19.2 Å². The molecule has 0 spiro atoms. The number of carbonyl (C=O) groups excluding carboxylic acids is 8. The molecule has 60 heavy (non-hydrogen) atoms. The van der Waals surface area contributed by atoms with Crippen LogP contribution in [0.4, 0.5) is 0 Å². The first-order chi connectivity index (χ1) is 28.3. The number of methoxy groups -OCH3 is 1. The number of esters is 8. The van der Waals surface area contributed by atoms with E-state index >= 15 is 0 Å². The van der Waals surface area contributed by atoms with Crippen LogP contribution in [-0.4, -0.2) is 141 Å².